The summed E-state index contributed by atoms with van der Waals surface area (Å²) in [5, 5.41) is 2.80. The van der Waals surface area contributed by atoms with E-state index in [-0.39, 0.29) is 25.4 Å². The van der Waals surface area contributed by atoms with Crippen LogP contribution in [-0.4, -0.2) is 67.0 Å². The predicted molar refractivity (Wildman–Crippen MR) is 170 cm³/mol. The van der Waals surface area contributed by atoms with E-state index >= 15 is 0 Å². The zero-order valence-corrected chi connectivity index (χ0v) is 28.0. The molecule has 1 aliphatic heterocycles. The summed E-state index contributed by atoms with van der Waals surface area (Å²) in [7, 11) is 0. The molecule has 1 N–H and O–H groups in total. The molecule has 0 saturated carbocycles. The average molecular weight is 648 g/mol. The molecule has 5 atom stereocenters. The van der Waals surface area contributed by atoms with Crippen LogP contribution < -0.4 is 5.32 Å². The first kappa shape index (κ1) is 38.7. The van der Waals surface area contributed by atoms with Gasteiger partial charge in [-0.3, -0.25) is 24.0 Å². The molecule has 0 aliphatic carbocycles. The van der Waals surface area contributed by atoms with Gasteiger partial charge in [0.15, 0.2) is 12.2 Å². The average Bonchev–Trinajstić information content (AvgIpc) is 2.99. The van der Waals surface area contributed by atoms with Gasteiger partial charge in [-0.2, -0.15) is 0 Å². The summed E-state index contributed by atoms with van der Waals surface area (Å²) < 4.78 is 27.8. The lowest BCUT2D eigenvalue weighted by molar-refractivity contribution is -0.271. The number of esters is 4. The van der Waals surface area contributed by atoms with Gasteiger partial charge in [-0.05, 0) is 12.0 Å². The Morgan fingerprint density at radius 1 is 0.696 bits per heavy atom. The Morgan fingerprint density at radius 2 is 1.24 bits per heavy atom. The van der Waals surface area contributed by atoms with Crippen molar-refractivity contribution in [1.82, 2.24) is 5.32 Å². The number of hydrogen-bond donors (Lipinski definition) is 1. The molecule has 1 amide bonds. The third-order valence-electron chi connectivity index (χ3n) is 7.73. The molecular weight excluding hydrogens is 594 g/mol. The standard InChI is InChI=1S/C35H53NO10/c1-5-6-7-8-9-10-11-12-13-14-15-19-22-30(40)36-32-34(44-27(4)39)33(43-26(3)38)29(24-42-25(2)37)45-35(32)46-31(41)23-28-20-17-16-18-21-28/h16-18,20-21,29,32-35H,5-15,19,22-24H2,1-4H3,(H,36,40)/t29-,32+,33+,34-,35+/m1/s1. The molecule has 11 heteroatoms. The van der Waals surface area contributed by atoms with Gasteiger partial charge in [0.1, 0.15) is 18.8 Å². The molecule has 0 aromatic heterocycles. The van der Waals surface area contributed by atoms with Crippen LogP contribution in [0.1, 0.15) is 117 Å². The number of amides is 1. The van der Waals surface area contributed by atoms with Gasteiger partial charge in [-0.15, -0.1) is 0 Å². The van der Waals surface area contributed by atoms with Gasteiger partial charge in [0.05, 0.1) is 6.42 Å². The molecule has 0 radical (unpaired) electrons. The summed E-state index contributed by atoms with van der Waals surface area (Å²) in [5.41, 5.74) is 0.696. The number of nitrogens with one attached hydrogen (secondary N) is 1. The van der Waals surface area contributed by atoms with E-state index in [1.54, 1.807) is 24.3 Å². The number of unbranched alkanes of at least 4 members (excludes halogenated alkanes) is 11. The molecule has 0 unspecified atom stereocenters. The van der Waals surface area contributed by atoms with Crippen LogP contribution in [0.2, 0.25) is 0 Å². The van der Waals surface area contributed by atoms with Crippen LogP contribution in [0.3, 0.4) is 0 Å². The monoisotopic (exact) mass is 647 g/mol. The van der Waals surface area contributed by atoms with Crippen molar-refractivity contribution in [2.75, 3.05) is 6.61 Å². The third-order valence-corrected chi connectivity index (χ3v) is 7.73. The molecule has 1 aromatic carbocycles. The number of hydrogen-bond acceptors (Lipinski definition) is 10. The lowest BCUT2D eigenvalue weighted by Crippen LogP contribution is -2.67. The van der Waals surface area contributed by atoms with E-state index in [0.29, 0.717) is 12.0 Å². The van der Waals surface area contributed by atoms with Gasteiger partial charge in [0, 0.05) is 27.2 Å². The van der Waals surface area contributed by atoms with E-state index in [1.807, 2.05) is 6.07 Å². The summed E-state index contributed by atoms with van der Waals surface area (Å²) in [4.78, 5) is 62.0. The van der Waals surface area contributed by atoms with E-state index in [4.69, 9.17) is 23.7 Å². The van der Waals surface area contributed by atoms with E-state index in [9.17, 15) is 24.0 Å². The van der Waals surface area contributed by atoms with E-state index < -0.39 is 54.5 Å². The number of carbonyl (C=O) groups is 5. The first-order valence-electron chi connectivity index (χ1n) is 16.8. The summed E-state index contributed by atoms with van der Waals surface area (Å²) in [6.07, 6.45) is 8.84. The van der Waals surface area contributed by atoms with Gasteiger partial charge in [-0.25, -0.2) is 0 Å². The van der Waals surface area contributed by atoms with E-state index in [1.165, 1.54) is 72.1 Å². The first-order chi connectivity index (χ1) is 22.1. The number of rotatable bonds is 21. The van der Waals surface area contributed by atoms with Crippen LogP contribution in [0.4, 0.5) is 0 Å². The molecule has 11 nitrogen and oxygen atoms in total. The minimum atomic E-state index is -1.43. The molecular formula is C35H53NO10. The normalized spacial score (nSPS) is 20.7. The number of carbonyl (C=O) groups excluding carboxylic acids is 5. The van der Waals surface area contributed by atoms with Crippen LogP contribution in [0.5, 0.6) is 0 Å². The Kier molecular flexibility index (Phi) is 18.6. The van der Waals surface area contributed by atoms with Crippen molar-refractivity contribution < 1.29 is 47.7 Å². The molecule has 1 fully saturated rings. The summed E-state index contributed by atoms with van der Waals surface area (Å²) in [6.45, 7) is 5.38. The van der Waals surface area contributed by atoms with Crippen molar-refractivity contribution in [2.24, 2.45) is 0 Å². The summed E-state index contributed by atoms with van der Waals surface area (Å²) >= 11 is 0. The Hall–Kier alpha value is -3.47. The van der Waals surface area contributed by atoms with Gasteiger partial charge in [0.2, 0.25) is 12.2 Å². The lowest BCUT2D eigenvalue weighted by atomic mass is 9.95. The Morgan fingerprint density at radius 3 is 1.78 bits per heavy atom. The third kappa shape index (κ3) is 15.7. The SMILES string of the molecule is CCCCCCCCCCCCCCC(=O)N[C@@H]1[C@H](OC(=O)Cc2ccccc2)O[C@H](COC(C)=O)[C@H](OC(C)=O)[C@@H]1OC(C)=O. The second-order valence-corrected chi connectivity index (χ2v) is 11.9. The summed E-state index contributed by atoms with van der Waals surface area (Å²) in [5.74, 6) is -3.06. The number of benzene rings is 1. The fourth-order valence-electron chi connectivity index (χ4n) is 5.47. The van der Waals surface area contributed by atoms with Crippen LogP contribution in [-0.2, 0) is 54.1 Å². The molecule has 258 valence electrons. The lowest BCUT2D eigenvalue weighted by Gasteiger charge is -2.44. The van der Waals surface area contributed by atoms with Gasteiger partial charge < -0.3 is 29.0 Å². The highest BCUT2D eigenvalue weighted by molar-refractivity contribution is 5.77. The smallest absolute Gasteiger partial charge is 0.312 e. The second kappa shape index (κ2) is 22.1. The second-order valence-electron chi connectivity index (χ2n) is 11.9. The molecule has 1 aromatic rings. The van der Waals surface area contributed by atoms with Gasteiger partial charge >= 0.3 is 23.9 Å². The largest absolute Gasteiger partial charge is 0.463 e. The minimum Gasteiger partial charge on any atom is -0.463 e. The van der Waals surface area contributed by atoms with Crippen molar-refractivity contribution in [3.05, 3.63) is 35.9 Å². The highest BCUT2D eigenvalue weighted by Gasteiger charge is 2.52. The van der Waals surface area contributed by atoms with E-state index in [2.05, 4.69) is 12.2 Å². The van der Waals surface area contributed by atoms with Crippen molar-refractivity contribution in [3.8, 4) is 0 Å². The fourth-order valence-corrected chi connectivity index (χ4v) is 5.47. The van der Waals surface area contributed by atoms with Gasteiger partial charge in [-0.1, -0.05) is 108 Å². The Balaban J connectivity index is 2.06. The quantitative estimate of drug-likeness (QED) is 0.103. The molecule has 46 heavy (non-hydrogen) atoms. The van der Waals surface area contributed by atoms with Crippen molar-refractivity contribution in [3.63, 3.8) is 0 Å². The zero-order chi connectivity index (χ0) is 33.7. The van der Waals surface area contributed by atoms with Crippen molar-refractivity contribution >= 4 is 29.8 Å². The van der Waals surface area contributed by atoms with E-state index in [0.717, 1.165) is 19.3 Å². The topological polar surface area (TPSA) is 144 Å². The van der Waals surface area contributed by atoms with Crippen LogP contribution >= 0.6 is 0 Å². The maximum Gasteiger partial charge on any atom is 0.312 e. The van der Waals surface area contributed by atoms with Crippen LogP contribution in [0.25, 0.3) is 0 Å². The predicted octanol–water partition coefficient (Wildman–Crippen LogP) is 5.50. The van der Waals surface area contributed by atoms with Crippen LogP contribution in [0, 0.1) is 0 Å². The Bertz CT molecular complexity index is 1080. The Labute approximate surface area is 273 Å². The molecule has 0 spiro atoms. The van der Waals surface area contributed by atoms with Crippen molar-refractivity contribution in [2.45, 2.75) is 148 Å². The minimum absolute atomic E-state index is 0.0829. The molecule has 1 saturated heterocycles. The highest BCUT2D eigenvalue weighted by atomic mass is 16.7. The first-order valence-corrected chi connectivity index (χ1v) is 16.8. The maximum atomic E-state index is 13.1. The fraction of sp³-hybridized carbons (Fsp3) is 0.686. The zero-order valence-electron chi connectivity index (χ0n) is 28.0. The molecule has 1 heterocycles. The molecule has 1 aliphatic rings. The van der Waals surface area contributed by atoms with Gasteiger partial charge in [0.25, 0.3) is 0 Å². The maximum absolute atomic E-state index is 13.1. The molecule has 2 rings (SSSR count). The number of ether oxygens (including phenoxy) is 5. The molecule has 0 bridgehead atoms. The van der Waals surface area contributed by atoms with Crippen molar-refractivity contribution in [1.29, 1.82) is 0 Å². The van der Waals surface area contributed by atoms with Crippen LogP contribution in [0.15, 0.2) is 30.3 Å². The highest BCUT2D eigenvalue weighted by Crippen LogP contribution is 2.28. The summed E-state index contributed by atoms with van der Waals surface area (Å²) in [6, 6.07) is 7.71.